The molecule has 1 aromatic rings. The van der Waals surface area contributed by atoms with Gasteiger partial charge in [0.1, 0.15) is 5.82 Å². The van der Waals surface area contributed by atoms with Crippen LogP contribution in [0.2, 0.25) is 0 Å². The summed E-state index contributed by atoms with van der Waals surface area (Å²) in [7, 11) is 1.77. The van der Waals surface area contributed by atoms with Gasteiger partial charge in [-0.15, -0.1) is 0 Å². The summed E-state index contributed by atoms with van der Waals surface area (Å²) >= 11 is 0. The molecule has 2 nitrogen and oxygen atoms in total. The first-order valence-electron chi connectivity index (χ1n) is 4.29. The van der Waals surface area contributed by atoms with Gasteiger partial charge in [0.15, 0.2) is 0 Å². The molecule has 0 aliphatic rings. The van der Waals surface area contributed by atoms with E-state index in [4.69, 9.17) is 0 Å². The minimum absolute atomic E-state index is 0.255. The number of benzene rings is 1. The Morgan fingerprint density at radius 1 is 1.54 bits per heavy atom. The summed E-state index contributed by atoms with van der Waals surface area (Å²) in [5, 5.41) is 12.3. The van der Waals surface area contributed by atoms with Gasteiger partial charge in [0.05, 0.1) is 6.10 Å². The molecular weight excluding hydrogens is 169 g/mol. The van der Waals surface area contributed by atoms with Gasteiger partial charge in [0.25, 0.3) is 0 Å². The van der Waals surface area contributed by atoms with E-state index in [9.17, 15) is 9.50 Å². The van der Waals surface area contributed by atoms with Crippen LogP contribution in [-0.2, 0) is 6.42 Å². The molecule has 13 heavy (non-hydrogen) atoms. The van der Waals surface area contributed by atoms with Crippen molar-refractivity contribution in [2.75, 3.05) is 13.6 Å². The van der Waals surface area contributed by atoms with Crippen LogP contribution < -0.4 is 5.32 Å². The van der Waals surface area contributed by atoms with E-state index < -0.39 is 6.10 Å². The lowest BCUT2D eigenvalue weighted by Gasteiger charge is -2.09. The summed E-state index contributed by atoms with van der Waals surface area (Å²) in [4.78, 5) is 0. The smallest absolute Gasteiger partial charge is 0.123 e. The minimum atomic E-state index is -0.452. The largest absolute Gasteiger partial charge is 0.391 e. The highest BCUT2D eigenvalue weighted by Gasteiger charge is 2.04. The van der Waals surface area contributed by atoms with E-state index in [0.29, 0.717) is 13.0 Å². The highest BCUT2D eigenvalue weighted by molar-refractivity contribution is 5.17. The van der Waals surface area contributed by atoms with Crippen LogP contribution in [-0.4, -0.2) is 24.8 Å². The number of hydrogen-bond donors (Lipinski definition) is 2. The second kappa shape index (κ2) is 4.94. The van der Waals surface area contributed by atoms with E-state index in [-0.39, 0.29) is 5.82 Å². The standard InChI is InChI=1S/C10H14FNO/c1-12-7-10(13)6-8-3-2-4-9(11)5-8/h2-5,10,12-13H,6-7H2,1H3/t10-/m0/s1. The van der Waals surface area contributed by atoms with Crippen LogP contribution in [0.3, 0.4) is 0 Å². The zero-order valence-electron chi connectivity index (χ0n) is 7.63. The average Bonchev–Trinajstić information content (AvgIpc) is 2.04. The maximum atomic E-state index is 12.7. The van der Waals surface area contributed by atoms with Crippen LogP contribution in [0.4, 0.5) is 4.39 Å². The lowest BCUT2D eigenvalue weighted by Crippen LogP contribution is -2.25. The molecule has 0 aliphatic carbocycles. The van der Waals surface area contributed by atoms with E-state index in [1.54, 1.807) is 13.1 Å². The summed E-state index contributed by atoms with van der Waals surface area (Å²) in [5.41, 5.74) is 0.822. The summed E-state index contributed by atoms with van der Waals surface area (Å²) in [5.74, 6) is -0.255. The van der Waals surface area contributed by atoms with Gasteiger partial charge in [-0.1, -0.05) is 12.1 Å². The first kappa shape index (κ1) is 10.2. The van der Waals surface area contributed by atoms with E-state index in [1.807, 2.05) is 6.07 Å². The highest BCUT2D eigenvalue weighted by Crippen LogP contribution is 2.05. The summed E-state index contributed by atoms with van der Waals surface area (Å²) in [6.45, 7) is 0.524. The van der Waals surface area contributed by atoms with Crippen LogP contribution in [0.1, 0.15) is 5.56 Å². The van der Waals surface area contributed by atoms with Crippen molar-refractivity contribution in [2.45, 2.75) is 12.5 Å². The second-order valence-electron chi connectivity index (χ2n) is 3.05. The summed E-state index contributed by atoms with van der Waals surface area (Å²) in [6.07, 6.45) is 0.0327. The molecule has 0 unspecified atom stereocenters. The van der Waals surface area contributed by atoms with Gasteiger partial charge in [0, 0.05) is 6.54 Å². The molecule has 0 aliphatic heterocycles. The normalized spacial score (nSPS) is 12.8. The molecule has 2 N–H and O–H groups in total. The molecule has 0 fully saturated rings. The summed E-state index contributed by atoms with van der Waals surface area (Å²) < 4.78 is 12.7. The molecule has 0 radical (unpaired) electrons. The molecule has 0 saturated heterocycles. The lowest BCUT2D eigenvalue weighted by molar-refractivity contribution is 0.174. The van der Waals surface area contributed by atoms with Crippen molar-refractivity contribution in [1.82, 2.24) is 5.32 Å². The van der Waals surface area contributed by atoms with Crippen LogP contribution >= 0.6 is 0 Å². The third-order valence-electron chi connectivity index (χ3n) is 1.80. The third kappa shape index (κ3) is 3.53. The van der Waals surface area contributed by atoms with Gasteiger partial charge in [0.2, 0.25) is 0 Å². The molecule has 0 heterocycles. The Kier molecular flexibility index (Phi) is 3.86. The van der Waals surface area contributed by atoms with Crippen molar-refractivity contribution >= 4 is 0 Å². The molecule has 1 atom stereocenters. The SMILES string of the molecule is CNC[C@@H](O)Cc1cccc(F)c1. The van der Waals surface area contributed by atoms with Gasteiger partial charge in [-0.25, -0.2) is 4.39 Å². The fourth-order valence-corrected chi connectivity index (χ4v) is 1.24. The third-order valence-corrected chi connectivity index (χ3v) is 1.80. The molecule has 0 aromatic heterocycles. The fraction of sp³-hybridized carbons (Fsp3) is 0.400. The Labute approximate surface area is 77.4 Å². The summed E-state index contributed by atoms with van der Waals surface area (Å²) in [6, 6.07) is 6.30. The molecular formula is C10H14FNO. The first-order valence-corrected chi connectivity index (χ1v) is 4.29. The molecule has 3 heteroatoms. The highest BCUT2D eigenvalue weighted by atomic mass is 19.1. The Balaban J connectivity index is 2.53. The number of aliphatic hydroxyl groups is 1. The topological polar surface area (TPSA) is 32.3 Å². The van der Waals surface area contributed by atoms with E-state index in [2.05, 4.69) is 5.32 Å². The van der Waals surface area contributed by atoms with Crippen molar-refractivity contribution in [3.63, 3.8) is 0 Å². The minimum Gasteiger partial charge on any atom is -0.391 e. The van der Waals surface area contributed by atoms with Crippen molar-refractivity contribution in [2.24, 2.45) is 0 Å². The van der Waals surface area contributed by atoms with E-state index >= 15 is 0 Å². The second-order valence-corrected chi connectivity index (χ2v) is 3.05. The molecule has 1 rings (SSSR count). The van der Waals surface area contributed by atoms with Crippen molar-refractivity contribution < 1.29 is 9.50 Å². The van der Waals surface area contributed by atoms with Gasteiger partial charge >= 0.3 is 0 Å². The number of aliphatic hydroxyl groups excluding tert-OH is 1. The average molecular weight is 183 g/mol. The zero-order valence-corrected chi connectivity index (χ0v) is 7.63. The zero-order chi connectivity index (χ0) is 9.68. The molecule has 1 aromatic carbocycles. The predicted octanol–water partition coefficient (Wildman–Crippen LogP) is 0.948. The molecule has 0 saturated carbocycles. The van der Waals surface area contributed by atoms with Crippen molar-refractivity contribution in [1.29, 1.82) is 0 Å². The first-order chi connectivity index (χ1) is 6.22. The fourth-order valence-electron chi connectivity index (χ4n) is 1.24. The van der Waals surface area contributed by atoms with Crippen LogP contribution in [0, 0.1) is 5.82 Å². The maximum absolute atomic E-state index is 12.7. The van der Waals surface area contributed by atoms with Crippen LogP contribution in [0.5, 0.6) is 0 Å². The van der Waals surface area contributed by atoms with E-state index in [1.165, 1.54) is 12.1 Å². The molecule has 0 bridgehead atoms. The van der Waals surface area contributed by atoms with Gasteiger partial charge in [-0.05, 0) is 31.2 Å². The number of hydrogen-bond acceptors (Lipinski definition) is 2. The molecule has 0 spiro atoms. The Hall–Kier alpha value is -0.930. The van der Waals surface area contributed by atoms with Crippen LogP contribution in [0.15, 0.2) is 24.3 Å². The number of likely N-dealkylation sites (N-methyl/N-ethyl adjacent to an activating group) is 1. The number of halogens is 1. The van der Waals surface area contributed by atoms with Crippen molar-refractivity contribution in [3.8, 4) is 0 Å². The van der Waals surface area contributed by atoms with Gasteiger partial charge in [-0.2, -0.15) is 0 Å². The number of rotatable bonds is 4. The predicted molar refractivity (Wildman–Crippen MR) is 50.0 cm³/mol. The monoisotopic (exact) mass is 183 g/mol. The molecule has 0 amide bonds. The van der Waals surface area contributed by atoms with E-state index in [0.717, 1.165) is 5.56 Å². The Morgan fingerprint density at radius 3 is 2.92 bits per heavy atom. The Morgan fingerprint density at radius 2 is 2.31 bits per heavy atom. The van der Waals surface area contributed by atoms with Crippen LogP contribution in [0.25, 0.3) is 0 Å². The Bertz CT molecular complexity index is 265. The van der Waals surface area contributed by atoms with Gasteiger partial charge in [-0.3, -0.25) is 0 Å². The quantitative estimate of drug-likeness (QED) is 0.728. The van der Waals surface area contributed by atoms with Gasteiger partial charge < -0.3 is 10.4 Å². The lowest BCUT2D eigenvalue weighted by atomic mass is 10.1. The maximum Gasteiger partial charge on any atom is 0.123 e. The number of nitrogens with one attached hydrogen (secondary N) is 1. The van der Waals surface area contributed by atoms with Crippen molar-refractivity contribution in [3.05, 3.63) is 35.6 Å². The molecule has 72 valence electrons.